The first-order chi connectivity index (χ1) is 33.2. The number of ether oxygens (including phenoxy) is 1. The van der Waals surface area contributed by atoms with Gasteiger partial charge in [0.25, 0.3) is 0 Å². The van der Waals surface area contributed by atoms with E-state index < -0.39 is 0 Å². The van der Waals surface area contributed by atoms with Crippen molar-refractivity contribution in [3.63, 3.8) is 0 Å². The van der Waals surface area contributed by atoms with Gasteiger partial charge in [-0.15, -0.1) is 0 Å². The normalized spacial score (nSPS) is 24.8. The van der Waals surface area contributed by atoms with Crippen LogP contribution in [0.25, 0.3) is 0 Å². The predicted octanol–water partition coefficient (Wildman–Crippen LogP) is 21.8. The molecule has 0 aromatic rings. The van der Waals surface area contributed by atoms with Crippen LogP contribution in [0.15, 0.2) is 0 Å². The summed E-state index contributed by atoms with van der Waals surface area (Å²) in [4.78, 5) is 0. The number of aliphatic hydroxyl groups is 2. The summed E-state index contributed by atoms with van der Waals surface area (Å²) < 4.78 is 5.41. The molecule has 3 nitrogen and oxygen atoms in total. The van der Waals surface area contributed by atoms with Gasteiger partial charge in [0.2, 0.25) is 0 Å². The van der Waals surface area contributed by atoms with Gasteiger partial charge in [0, 0.05) is 6.61 Å². The Balaban J connectivity index is 0.000000790. The van der Waals surface area contributed by atoms with Gasteiger partial charge >= 0.3 is 0 Å². The maximum absolute atomic E-state index is 9.75. The van der Waals surface area contributed by atoms with Crippen LogP contribution in [0.1, 0.15) is 324 Å². The molecular weight excluding hydrogens is 865 g/mol. The van der Waals surface area contributed by atoms with Crippen molar-refractivity contribution < 1.29 is 14.9 Å². The van der Waals surface area contributed by atoms with Crippen molar-refractivity contribution in [1.82, 2.24) is 0 Å². The largest absolute Gasteiger partial charge is 0.393 e. The summed E-state index contributed by atoms with van der Waals surface area (Å²) in [6.07, 6.45) is 46.0. The molecule has 1 aliphatic heterocycles. The molecule has 0 spiro atoms. The van der Waals surface area contributed by atoms with Gasteiger partial charge in [0.1, 0.15) is 0 Å². The molecular formula is C68H138O3. The van der Waals surface area contributed by atoms with E-state index in [0.717, 1.165) is 78.1 Å². The van der Waals surface area contributed by atoms with Crippen molar-refractivity contribution in [3.05, 3.63) is 0 Å². The molecule has 2 N–H and O–H groups in total. The van der Waals surface area contributed by atoms with Crippen LogP contribution in [-0.4, -0.2) is 35.1 Å². The van der Waals surface area contributed by atoms with E-state index in [0.29, 0.717) is 29.8 Å². The monoisotopic (exact) mass is 1000 g/mol. The minimum atomic E-state index is -0.0460. The maximum atomic E-state index is 9.75. The van der Waals surface area contributed by atoms with Crippen LogP contribution in [0.3, 0.4) is 0 Å². The van der Waals surface area contributed by atoms with E-state index in [1.54, 1.807) is 0 Å². The van der Waals surface area contributed by atoms with E-state index >= 15 is 0 Å². The zero-order valence-electron chi connectivity index (χ0n) is 51.0. The van der Waals surface area contributed by atoms with Gasteiger partial charge in [-0.1, -0.05) is 259 Å². The van der Waals surface area contributed by atoms with Crippen molar-refractivity contribution in [2.45, 2.75) is 342 Å². The fourth-order valence-corrected chi connectivity index (χ4v) is 13.1. The topological polar surface area (TPSA) is 49.7 Å². The number of hydrogen-bond acceptors (Lipinski definition) is 3. The summed E-state index contributed by atoms with van der Waals surface area (Å²) in [5.74, 6) is 13.1. The fraction of sp³-hybridized carbons (Fsp3) is 1.00. The fourth-order valence-electron chi connectivity index (χ4n) is 13.1. The first-order valence-electron chi connectivity index (χ1n) is 32.2. The summed E-state index contributed by atoms with van der Waals surface area (Å²) >= 11 is 0. The van der Waals surface area contributed by atoms with Crippen LogP contribution in [0, 0.1) is 88.8 Å². The van der Waals surface area contributed by atoms with Crippen LogP contribution in [0.4, 0.5) is 0 Å². The summed E-state index contributed by atoms with van der Waals surface area (Å²) in [7, 11) is 0. The van der Waals surface area contributed by atoms with Crippen LogP contribution in [0.2, 0.25) is 0 Å². The summed E-state index contributed by atoms with van der Waals surface area (Å²) in [6, 6.07) is 0. The van der Waals surface area contributed by atoms with Crippen LogP contribution in [-0.2, 0) is 4.74 Å². The van der Waals surface area contributed by atoms with Crippen LogP contribution in [0.5, 0.6) is 0 Å². The van der Waals surface area contributed by atoms with Gasteiger partial charge in [-0.05, 0) is 153 Å². The molecule has 0 aromatic heterocycles. The number of aliphatic hydroxyl groups excluding tert-OH is 2. The lowest BCUT2D eigenvalue weighted by Gasteiger charge is -2.28. The number of hydrogen-bond donors (Lipinski definition) is 2. The molecule has 8 fully saturated rings. The molecule has 428 valence electrons. The van der Waals surface area contributed by atoms with E-state index in [1.807, 2.05) is 0 Å². The van der Waals surface area contributed by atoms with Crippen molar-refractivity contribution in [2.75, 3.05) is 6.61 Å². The molecule has 0 bridgehead atoms. The van der Waals surface area contributed by atoms with E-state index in [-0.39, 0.29) is 19.6 Å². The van der Waals surface area contributed by atoms with Gasteiger partial charge in [0.15, 0.2) is 0 Å². The van der Waals surface area contributed by atoms with Gasteiger partial charge in [-0.25, -0.2) is 0 Å². The second-order valence-electron chi connectivity index (χ2n) is 27.8. The third-order valence-corrected chi connectivity index (χ3v) is 18.2. The molecule has 1 saturated heterocycles. The van der Waals surface area contributed by atoms with Gasteiger partial charge in [-0.3, -0.25) is 0 Å². The molecule has 0 amide bonds. The molecule has 7 aliphatic carbocycles. The van der Waals surface area contributed by atoms with Crippen molar-refractivity contribution in [3.8, 4) is 0 Å². The minimum Gasteiger partial charge on any atom is -0.393 e. The van der Waals surface area contributed by atoms with Crippen molar-refractivity contribution in [1.29, 1.82) is 0 Å². The second kappa shape index (κ2) is 42.9. The Labute approximate surface area is 450 Å². The van der Waals surface area contributed by atoms with Gasteiger partial charge < -0.3 is 14.9 Å². The molecule has 4 atom stereocenters. The Hall–Kier alpha value is -0.120. The smallest absolute Gasteiger partial charge is 0.0598 e. The Kier molecular flexibility index (Phi) is 42.9. The van der Waals surface area contributed by atoms with E-state index in [1.165, 1.54) is 199 Å². The highest BCUT2D eigenvalue weighted by Crippen LogP contribution is 2.36. The first-order valence-corrected chi connectivity index (χ1v) is 32.2. The van der Waals surface area contributed by atoms with Gasteiger partial charge in [0.05, 0.1) is 18.3 Å². The molecule has 71 heavy (non-hydrogen) atoms. The minimum absolute atomic E-state index is 0. The molecule has 0 aromatic carbocycles. The average Bonchev–Trinajstić information content (AvgIpc) is 3.85. The molecule has 8 aliphatic rings. The summed E-state index contributed by atoms with van der Waals surface area (Å²) in [5.41, 5.74) is 0. The molecule has 8 rings (SSSR count). The molecule has 3 heteroatoms. The number of rotatable bonds is 11. The highest BCUT2D eigenvalue weighted by molar-refractivity contribution is 4.79. The Morgan fingerprint density at radius 2 is 0.704 bits per heavy atom. The zero-order chi connectivity index (χ0) is 52.4. The average molecular weight is 1000 g/mol. The lowest BCUT2D eigenvalue weighted by atomic mass is 9.81. The van der Waals surface area contributed by atoms with E-state index in [9.17, 15) is 10.2 Å². The van der Waals surface area contributed by atoms with Crippen LogP contribution < -0.4 is 0 Å². The molecule has 7 saturated carbocycles. The molecule has 0 radical (unpaired) electrons. The highest BCUT2D eigenvalue weighted by Gasteiger charge is 2.28. The summed E-state index contributed by atoms with van der Waals surface area (Å²) in [5, 5.41) is 19.1. The quantitative estimate of drug-likeness (QED) is 0.217. The highest BCUT2D eigenvalue weighted by atomic mass is 16.5. The molecule has 1 heterocycles. The lowest BCUT2D eigenvalue weighted by Crippen LogP contribution is -2.27. The maximum Gasteiger partial charge on any atom is 0.0598 e. The van der Waals surface area contributed by atoms with Crippen molar-refractivity contribution in [2.24, 2.45) is 88.8 Å². The van der Waals surface area contributed by atoms with E-state index in [4.69, 9.17) is 4.74 Å². The zero-order valence-corrected chi connectivity index (χ0v) is 51.0. The third kappa shape index (κ3) is 36.5. The van der Waals surface area contributed by atoms with Crippen LogP contribution >= 0.6 is 0 Å². The van der Waals surface area contributed by atoms with Crippen molar-refractivity contribution >= 4 is 0 Å². The molecule has 4 unspecified atom stereocenters. The van der Waals surface area contributed by atoms with E-state index in [2.05, 4.69) is 111 Å². The standard InChI is InChI=1S/C10H20O.C10H20.2C9H18.C8H16O.C8H16.C7H14O.C6H12.CH4/c1-8(2)10(11)9-6-4-3-5-7-9;1-9(2)8-10-6-4-3-5-7-10;1-8(2)7-9-5-3-4-6-9;1-8(2)9-6-4-3-5-7-9;1-6(2)7-4-3-5-8(7)9;1-7(2)8-5-3-4-6-8;1-6(2)7-4-3-5-8-7;1-5(2)6-3-4-6;/h8-11H,3-7H2,1-2H3;9-10H,3-8H2,1-2H3;2*8-9H,3-7H2,1-2H3;6-9H,3-5H2,1-2H3;7-8H,3-6H2,1-2H3;6-7H,3-5H2,1-2H3;5-6H,3-4H2,1-2H3;1H4. The SMILES string of the molecule is C.CC(C)C(O)C1CCCCC1.CC(C)C1CC1.CC(C)C1CCCC1.CC(C)C1CCCC1O.CC(C)C1CCCCC1.CC(C)C1CCCO1.CC(C)CC1CCCC1.CC(C)CC1CCCCC1. The first kappa shape index (κ1) is 70.9. The predicted molar refractivity (Wildman–Crippen MR) is 319 cm³/mol. The Morgan fingerprint density at radius 1 is 0.352 bits per heavy atom. The summed E-state index contributed by atoms with van der Waals surface area (Å²) in [6.45, 7) is 37.4. The van der Waals surface area contributed by atoms with Gasteiger partial charge in [-0.2, -0.15) is 0 Å². The second-order valence-corrected chi connectivity index (χ2v) is 27.8. The third-order valence-electron chi connectivity index (χ3n) is 18.2. The Bertz CT molecular complexity index is 1080. The lowest BCUT2D eigenvalue weighted by molar-refractivity contribution is 0.0463. The Morgan fingerprint density at radius 3 is 0.930 bits per heavy atom.